The number of H-pyrrole nitrogens is 1. The lowest BCUT2D eigenvalue weighted by molar-refractivity contribution is -0.123. The van der Waals surface area contributed by atoms with Crippen LogP contribution in [0.3, 0.4) is 0 Å². The molecule has 4 aromatic rings. The number of halogens is 3. The number of amides is 1. The van der Waals surface area contributed by atoms with E-state index in [9.17, 15) is 13.6 Å². The Morgan fingerprint density at radius 1 is 1.07 bits per heavy atom. The third-order valence-corrected chi connectivity index (χ3v) is 6.67. The second-order valence-corrected chi connectivity index (χ2v) is 9.72. The van der Waals surface area contributed by atoms with E-state index in [0.717, 1.165) is 22.3 Å². The Hall–Kier alpha value is -4.01. The first-order chi connectivity index (χ1) is 19.3. The molecule has 1 amide bonds. The molecular formula is C31H31ClF2N4O2. The van der Waals surface area contributed by atoms with E-state index in [0.29, 0.717) is 53.4 Å². The quantitative estimate of drug-likeness (QED) is 0.124. The number of hydrogen-bond acceptors (Lipinski definition) is 4. The fourth-order valence-electron chi connectivity index (χ4n) is 4.34. The fourth-order valence-corrected chi connectivity index (χ4v) is 4.62. The van der Waals surface area contributed by atoms with Crippen LogP contribution in [0.25, 0.3) is 22.0 Å². The monoisotopic (exact) mass is 564 g/mol. The molecular weight excluding hydrogens is 534 g/mol. The highest BCUT2D eigenvalue weighted by Gasteiger charge is 2.17. The maximum Gasteiger partial charge on any atom is 0.245 e. The lowest BCUT2D eigenvalue weighted by atomic mass is 9.87. The number of rotatable bonds is 11. The smallest absolute Gasteiger partial charge is 0.245 e. The van der Waals surface area contributed by atoms with Crippen molar-refractivity contribution in [2.45, 2.75) is 13.3 Å². The molecule has 0 aliphatic rings. The lowest BCUT2D eigenvalue weighted by Gasteiger charge is -2.18. The van der Waals surface area contributed by atoms with E-state index in [1.54, 1.807) is 38.4 Å². The van der Waals surface area contributed by atoms with Crippen LogP contribution < -0.4 is 10.1 Å². The average molecular weight is 565 g/mol. The highest BCUT2D eigenvalue weighted by Crippen LogP contribution is 2.38. The van der Waals surface area contributed by atoms with Crippen LogP contribution in [0.15, 0.2) is 72.8 Å². The second-order valence-electron chi connectivity index (χ2n) is 9.31. The van der Waals surface area contributed by atoms with E-state index in [1.165, 1.54) is 23.1 Å². The summed E-state index contributed by atoms with van der Waals surface area (Å²) in [5, 5.41) is 10.3. The van der Waals surface area contributed by atoms with Crippen LogP contribution in [0.5, 0.6) is 5.75 Å². The second kappa shape index (κ2) is 13.4. The van der Waals surface area contributed by atoms with Gasteiger partial charge in [-0.2, -0.15) is 9.49 Å². The van der Waals surface area contributed by atoms with Crippen LogP contribution in [0.2, 0.25) is 5.02 Å². The minimum Gasteiger partial charge on any atom is -0.492 e. The highest BCUT2D eigenvalue weighted by molar-refractivity contribution is 6.32. The Morgan fingerprint density at radius 2 is 1.82 bits per heavy atom. The van der Waals surface area contributed by atoms with Gasteiger partial charge in [-0.3, -0.25) is 9.89 Å². The lowest BCUT2D eigenvalue weighted by Crippen LogP contribution is -2.22. The van der Waals surface area contributed by atoms with Crippen LogP contribution in [-0.4, -0.2) is 54.8 Å². The summed E-state index contributed by atoms with van der Waals surface area (Å²) in [6, 6.07) is 17.4. The summed E-state index contributed by atoms with van der Waals surface area (Å²) >= 11 is 6.48. The Morgan fingerprint density at radius 3 is 2.52 bits per heavy atom. The first-order valence-electron chi connectivity index (χ1n) is 12.9. The molecule has 0 saturated carbocycles. The van der Waals surface area contributed by atoms with E-state index in [1.807, 2.05) is 37.3 Å². The van der Waals surface area contributed by atoms with Gasteiger partial charge in [0.05, 0.1) is 15.9 Å². The zero-order chi connectivity index (χ0) is 28.6. The van der Waals surface area contributed by atoms with Crippen molar-refractivity contribution in [3.8, 4) is 5.75 Å². The van der Waals surface area contributed by atoms with Gasteiger partial charge >= 0.3 is 0 Å². The summed E-state index contributed by atoms with van der Waals surface area (Å²) in [6.07, 6.45) is 3.90. The third kappa shape index (κ3) is 6.94. The Balaban J connectivity index is 1.58. The number of hydrogen-bond donors (Lipinski definition) is 2. The van der Waals surface area contributed by atoms with Crippen LogP contribution in [0.1, 0.15) is 30.0 Å². The predicted molar refractivity (Wildman–Crippen MR) is 156 cm³/mol. The molecule has 0 fully saturated rings. The minimum absolute atomic E-state index is 0.0608. The molecule has 208 valence electrons. The maximum atomic E-state index is 14.4. The number of aromatic nitrogens is 2. The van der Waals surface area contributed by atoms with Gasteiger partial charge in [0, 0.05) is 33.3 Å². The molecule has 0 unspecified atom stereocenters. The number of carbonyl (C=O) groups is 1. The van der Waals surface area contributed by atoms with Crippen molar-refractivity contribution in [1.29, 1.82) is 0 Å². The molecule has 0 atom stereocenters. The van der Waals surface area contributed by atoms with Crippen molar-refractivity contribution in [2.24, 2.45) is 0 Å². The van der Waals surface area contributed by atoms with Crippen LogP contribution in [0.4, 0.5) is 8.78 Å². The third-order valence-electron chi connectivity index (χ3n) is 6.36. The molecule has 9 heteroatoms. The number of benzene rings is 3. The number of nitrogens with one attached hydrogen (secondary N) is 2. The van der Waals surface area contributed by atoms with Gasteiger partial charge in [-0.25, -0.2) is 4.39 Å². The number of nitrogens with zero attached hydrogens (tertiary/aromatic N) is 2. The largest absolute Gasteiger partial charge is 0.492 e. The van der Waals surface area contributed by atoms with Gasteiger partial charge in [0.2, 0.25) is 11.9 Å². The van der Waals surface area contributed by atoms with Gasteiger partial charge in [-0.1, -0.05) is 48.9 Å². The van der Waals surface area contributed by atoms with E-state index in [2.05, 4.69) is 15.5 Å². The van der Waals surface area contributed by atoms with Crippen LogP contribution in [0, 0.1) is 11.8 Å². The van der Waals surface area contributed by atoms with E-state index in [4.69, 9.17) is 16.3 Å². The predicted octanol–water partition coefficient (Wildman–Crippen LogP) is 6.48. The van der Waals surface area contributed by atoms with Crippen LogP contribution in [-0.2, 0) is 4.79 Å². The number of ether oxygens (including phenoxy) is 1. The zero-order valence-corrected chi connectivity index (χ0v) is 23.4. The number of fused-ring (bicyclic) bond motifs is 1. The number of likely N-dealkylation sites (N-methyl/N-ethyl adjacent to an activating group) is 1. The average Bonchev–Trinajstić information content (AvgIpc) is 3.31. The summed E-state index contributed by atoms with van der Waals surface area (Å²) < 4.78 is 34.1. The molecule has 0 aliphatic carbocycles. The number of aromatic amines is 1. The summed E-state index contributed by atoms with van der Waals surface area (Å²) in [7, 11) is 3.41. The number of carbonyl (C=O) groups excluding carboxylic acids is 1. The van der Waals surface area contributed by atoms with Gasteiger partial charge in [0.15, 0.2) is 0 Å². The molecule has 0 bridgehead atoms. The molecule has 0 spiro atoms. The highest BCUT2D eigenvalue weighted by atomic mass is 35.5. The Labute approximate surface area is 237 Å². The molecule has 1 aromatic heterocycles. The van der Waals surface area contributed by atoms with Gasteiger partial charge in [-0.05, 0) is 70.7 Å². The Bertz CT molecular complexity index is 1540. The molecule has 0 aliphatic heterocycles. The summed E-state index contributed by atoms with van der Waals surface area (Å²) in [6.45, 7) is 3.61. The van der Waals surface area contributed by atoms with E-state index in [-0.39, 0.29) is 5.91 Å². The normalized spacial score (nSPS) is 12.2. The van der Waals surface area contributed by atoms with Crippen molar-refractivity contribution in [3.05, 3.63) is 106 Å². The minimum atomic E-state index is -0.508. The van der Waals surface area contributed by atoms with Gasteiger partial charge in [0.25, 0.3) is 0 Å². The molecule has 2 N–H and O–H groups in total. The van der Waals surface area contributed by atoms with Gasteiger partial charge in [0.1, 0.15) is 18.2 Å². The standard InChI is InChI=1S/C31H31ClF2N4O2/c1-4-24(25-13-10-22(33)19-27(25)32)30(21-9-14-28-26(18-21)31(34)37-36-28)20-7-11-23(12-8-20)40-17-16-35-15-5-6-29(39)38(2)3/h5-14,18-19,35H,4,15-17H2,1-3H3,(H,36,37). The van der Waals surface area contributed by atoms with Crippen molar-refractivity contribution >= 4 is 39.6 Å². The number of allylic oxidation sites excluding steroid dienone is 1. The topological polar surface area (TPSA) is 70.2 Å². The van der Waals surface area contributed by atoms with Crippen molar-refractivity contribution in [3.63, 3.8) is 0 Å². The fraction of sp³-hybridized carbons (Fsp3) is 0.226. The van der Waals surface area contributed by atoms with E-state index >= 15 is 0 Å². The SMILES string of the molecule is CCC(=C(c1ccc(OCCNCC=CC(=O)N(C)C)cc1)c1ccc2n[nH]c(F)c2c1)c1ccc(F)cc1Cl. The van der Waals surface area contributed by atoms with Crippen molar-refractivity contribution in [1.82, 2.24) is 20.4 Å². The molecule has 0 saturated heterocycles. The molecule has 3 aromatic carbocycles. The van der Waals surface area contributed by atoms with Crippen LogP contribution >= 0.6 is 11.6 Å². The molecule has 0 radical (unpaired) electrons. The first-order valence-corrected chi connectivity index (χ1v) is 13.3. The first kappa shape index (κ1) is 29.0. The Kier molecular flexibility index (Phi) is 9.69. The summed E-state index contributed by atoms with van der Waals surface area (Å²) in [5.41, 5.74) is 4.64. The van der Waals surface area contributed by atoms with Gasteiger partial charge in [-0.15, -0.1) is 0 Å². The molecule has 6 nitrogen and oxygen atoms in total. The molecule has 40 heavy (non-hydrogen) atoms. The summed E-state index contributed by atoms with van der Waals surface area (Å²) in [5.74, 6) is -0.292. The van der Waals surface area contributed by atoms with Crippen molar-refractivity contribution < 1.29 is 18.3 Å². The molecule has 1 heterocycles. The van der Waals surface area contributed by atoms with Gasteiger partial charge < -0.3 is 15.0 Å². The molecule has 4 rings (SSSR count). The summed E-state index contributed by atoms with van der Waals surface area (Å²) in [4.78, 5) is 13.1. The van der Waals surface area contributed by atoms with E-state index < -0.39 is 11.8 Å². The maximum absolute atomic E-state index is 14.4. The zero-order valence-electron chi connectivity index (χ0n) is 22.6. The van der Waals surface area contributed by atoms with Crippen molar-refractivity contribution in [2.75, 3.05) is 33.8 Å².